The zero-order valence-corrected chi connectivity index (χ0v) is 55.8. The third kappa shape index (κ3) is 42.4. The zero-order valence-electron chi connectivity index (χ0n) is 55.8. The molecule has 0 aromatic rings. The molecule has 12 unspecified atom stereocenters. The Morgan fingerprint density at radius 2 is 0.767 bits per heavy atom. The molecule has 0 aromatic heterocycles. The summed E-state index contributed by atoms with van der Waals surface area (Å²) in [5, 5.41) is 87.5. The van der Waals surface area contributed by atoms with Crippen molar-refractivity contribution in [2.24, 2.45) is 0 Å². The summed E-state index contributed by atoms with van der Waals surface area (Å²) >= 11 is 0. The van der Waals surface area contributed by atoms with Gasteiger partial charge in [-0.2, -0.15) is 0 Å². The Bertz CT molecular complexity index is 2020. The number of carbonyl (C=O) groups excluding carboxylic acids is 1. The SMILES string of the molecule is CC/C=C\C/C=C\C/C=C\C/C=C\C/C=C\C/C=C\C/C=C\C/C=C\C/C=C\C/C=C\C/C=C\CCCCCC(=O)NC(COC1OC(CO)C(OC2OC(CO)C(O)C(O)C2O)C(O)C1O)C(O)CCCCCCCCCCCCCCCCCCCCC. The molecule has 14 heteroatoms. The Hall–Kier alpha value is -3.87. The molecule has 0 radical (unpaired) electrons. The van der Waals surface area contributed by atoms with Gasteiger partial charge >= 0.3 is 0 Å². The minimum Gasteiger partial charge on any atom is -0.394 e. The largest absolute Gasteiger partial charge is 0.394 e. The Kier molecular flexibility index (Phi) is 53.8. The number of rotatable bonds is 56. The third-order valence-electron chi connectivity index (χ3n) is 16.4. The van der Waals surface area contributed by atoms with Crippen LogP contribution in [-0.2, 0) is 23.7 Å². The van der Waals surface area contributed by atoms with E-state index in [-0.39, 0.29) is 18.9 Å². The highest BCUT2D eigenvalue weighted by atomic mass is 16.7. The molecule has 12 atom stereocenters. The Balaban J connectivity index is 1.68. The van der Waals surface area contributed by atoms with Gasteiger partial charge in [0.05, 0.1) is 32.0 Å². The number of hydrogen-bond donors (Lipinski definition) is 9. The highest BCUT2D eigenvalue weighted by Gasteiger charge is 2.51. The second kappa shape index (κ2) is 58.9. The first-order valence-corrected chi connectivity index (χ1v) is 35.4. The van der Waals surface area contributed by atoms with Crippen LogP contribution in [0, 0.1) is 0 Å². The van der Waals surface area contributed by atoms with E-state index in [9.17, 15) is 45.6 Å². The molecule has 2 heterocycles. The number of ether oxygens (including phenoxy) is 4. The molecular weight excluding hydrogens is 1130 g/mol. The number of unbranched alkanes of at least 4 members (excludes halogenated alkanes) is 21. The van der Waals surface area contributed by atoms with Gasteiger partial charge in [0.2, 0.25) is 5.91 Å². The molecular formula is C76H127NO13. The molecule has 2 saturated heterocycles. The Morgan fingerprint density at radius 1 is 0.411 bits per heavy atom. The number of hydrogen-bond acceptors (Lipinski definition) is 13. The van der Waals surface area contributed by atoms with Gasteiger partial charge in [-0.1, -0.05) is 276 Å². The molecule has 2 aliphatic rings. The lowest BCUT2D eigenvalue weighted by Gasteiger charge is -2.46. The van der Waals surface area contributed by atoms with Crippen molar-refractivity contribution in [1.82, 2.24) is 5.32 Å². The maximum absolute atomic E-state index is 13.3. The van der Waals surface area contributed by atoms with E-state index in [1.165, 1.54) is 96.3 Å². The summed E-state index contributed by atoms with van der Waals surface area (Å²) in [5.74, 6) is -0.242. The van der Waals surface area contributed by atoms with Crippen molar-refractivity contribution in [1.29, 1.82) is 0 Å². The molecule has 0 aliphatic carbocycles. The van der Waals surface area contributed by atoms with Crippen molar-refractivity contribution < 1.29 is 64.6 Å². The number of aliphatic hydroxyl groups excluding tert-OH is 8. The summed E-state index contributed by atoms with van der Waals surface area (Å²) in [5.41, 5.74) is 0. The van der Waals surface area contributed by atoms with Gasteiger partial charge in [-0.3, -0.25) is 4.79 Å². The summed E-state index contributed by atoms with van der Waals surface area (Å²) in [7, 11) is 0. The lowest BCUT2D eigenvalue weighted by molar-refractivity contribution is -0.359. The molecule has 514 valence electrons. The molecule has 2 aliphatic heterocycles. The highest BCUT2D eigenvalue weighted by Crippen LogP contribution is 2.30. The number of nitrogens with one attached hydrogen (secondary N) is 1. The monoisotopic (exact) mass is 1260 g/mol. The van der Waals surface area contributed by atoms with Crippen LogP contribution >= 0.6 is 0 Å². The van der Waals surface area contributed by atoms with Gasteiger partial charge in [-0.25, -0.2) is 0 Å². The third-order valence-corrected chi connectivity index (χ3v) is 16.4. The van der Waals surface area contributed by atoms with Gasteiger partial charge in [0.25, 0.3) is 0 Å². The van der Waals surface area contributed by atoms with Gasteiger partial charge in [-0.15, -0.1) is 0 Å². The van der Waals surface area contributed by atoms with Crippen LogP contribution in [0.25, 0.3) is 0 Å². The zero-order chi connectivity index (χ0) is 65.2. The van der Waals surface area contributed by atoms with E-state index in [1.807, 2.05) is 0 Å². The lowest BCUT2D eigenvalue weighted by atomic mass is 9.97. The van der Waals surface area contributed by atoms with Crippen LogP contribution in [-0.4, -0.2) is 140 Å². The second-order valence-corrected chi connectivity index (χ2v) is 24.3. The summed E-state index contributed by atoms with van der Waals surface area (Å²) in [6.45, 7) is 2.73. The van der Waals surface area contributed by atoms with Crippen LogP contribution in [0.3, 0.4) is 0 Å². The lowest BCUT2D eigenvalue weighted by Crippen LogP contribution is -2.65. The van der Waals surface area contributed by atoms with E-state index in [2.05, 4.69) is 153 Å². The van der Waals surface area contributed by atoms with Crippen LogP contribution in [0.2, 0.25) is 0 Å². The molecule has 90 heavy (non-hydrogen) atoms. The summed E-state index contributed by atoms with van der Waals surface area (Å²) in [6.07, 6.45) is 70.3. The highest BCUT2D eigenvalue weighted by molar-refractivity contribution is 5.76. The van der Waals surface area contributed by atoms with Crippen LogP contribution in [0.5, 0.6) is 0 Å². The van der Waals surface area contributed by atoms with Gasteiger partial charge in [0.1, 0.15) is 48.8 Å². The summed E-state index contributed by atoms with van der Waals surface area (Å²) < 4.78 is 22.9. The second-order valence-electron chi connectivity index (χ2n) is 24.3. The standard InChI is InChI=1S/C76H127NO13/c1-3-5-7-9-11-13-15-17-19-21-23-24-25-26-27-28-29-30-31-32-33-34-35-36-37-38-39-40-42-44-46-48-50-52-54-56-58-60-68(81)77-64(65(80)59-57-55-53-51-49-47-45-43-41-22-20-18-16-14-12-10-8-6-4-2)63-87-75-73(86)71(84)74(67(62-79)89-75)90-76-72(85)70(83)69(82)66(61-78)88-76/h5,7,11,13,17,19,23-24,26-27,29-30,32-33,35-36,38-39,42,44,48,50,64-67,69-76,78-80,82-86H,3-4,6,8-10,12,14-16,18,20-22,25,28,31,34,37,40-41,43,45-47,49,51-63H2,1-2H3,(H,77,81)/b7-5-,13-11-,19-17-,24-23-,27-26-,30-29-,33-32-,36-35-,39-38-,44-42-,50-48-. The topological polar surface area (TPSA) is 228 Å². The molecule has 0 aromatic carbocycles. The molecule has 0 saturated carbocycles. The van der Waals surface area contributed by atoms with Crippen molar-refractivity contribution in [2.45, 2.75) is 319 Å². The molecule has 14 nitrogen and oxygen atoms in total. The molecule has 0 bridgehead atoms. The van der Waals surface area contributed by atoms with E-state index in [1.54, 1.807) is 0 Å². The maximum atomic E-state index is 13.3. The van der Waals surface area contributed by atoms with E-state index in [0.717, 1.165) is 116 Å². The molecule has 1 amide bonds. The maximum Gasteiger partial charge on any atom is 0.220 e. The van der Waals surface area contributed by atoms with Crippen LogP contribution in [0.15, 0.2) is 134 Å². The smallest absolute Gasteiger partial charge is 0.220 e. The van der Waals surface area contributed by atoms with Crippen molar-refractivity contribution in [3.05, 3.63) is 134 Å². The fourth-order valence-corrected chi connectivity index (χ4v) is 10.8. The first-order chi connectivity index (χ1) is 44.1. The predicted molar refractivity (Wildman–Crippen MR) is 368 cm³/mol. The van der Waals surface area contributed by atoms with E-state index >= 15 is 0 Å². The van der Waals surface area contributed by atoms with Crippen molar-refractivity contribution in [2.75, 3.05) is 19.8 Å². The van der Waals surface area contributed by atoms with Crippen molar-refractivity contribution in [3.8, 4) is 0 Å². The van der Waals surface area contributed by atoms with Crippen molar-refractivity contribution in [3.63, 3.8) is 0 Å². The van der Waals surface area contributed by atoms with Crippen LogP contribution in [0.4, 0.5) is 0 Å². The fraction of sp³-hybridized carbons (Fsp3) is 0.697. The predicted octanol–water partition coefficient (Wildman–Crippen LogP) is 14.7. The first kappa shape index (κ1) is 82.2. The number of aliphatic hydroxyl groups is 8. The minimum absolute atomic E-state index is 0.242. The number of allylic oxidation sites excluding steroid dienone is 22. The quantitative estimate of drug-likeness (QED) is 0.0204. The fourth-order valence-electron chi connectivity index (χ4n) is 10.8. The van der Waals surface area contributed by atoms with E-state index in [4.69, 9.17) is 18.9 Å². The summed E-state index contributed by atoms with van der Waals surface area (Å²) in [6, 6.07) is -0.858. The Morgan fingerprint density at radius 3 is 1.17 bits per heavy atom. The molecule has 0 spiro atoms. The van der Waals surface area contributed by atoms with Gasteiger partial charge < -0.3 is 65.1 Å². The van der Waals surface area contributed by atoms with E-state index in [0.29, 0.717) is 12.8 Å². The normalized spacial score (nSPS) is 23.8. The van der Waals surface area contributed by atoms with Crippen LogP contribution in [0.1, 0.15) is 245 Å². The van der Waals surface area contributed by atoms with Gasteiger partial charge in [0.15, 0.2) is 12.6 Å². The first-order valence-electron chi connectivity index (χ1n) is 35.4. The van der Waals surface area contributed by atoms with Gasteiger partial charge in [0, 0.05) is 6.42 Å². The van der Waals surface area contributed by atoms with Crippen LogP contribution < -0.4 is 5.32 Å². The molecule has 2 fully saturated rings. The molecule has 9 N–H and O–H groups in total. The average Bonchev–Trinajstić information content (AvgIpc) is 1.58. The Labute approximate surface area is 545 Å². The average molecular weight is 1260 g/mol. The minimum atomic E-state index is -1.79. The molecule has 2 rings (SSSR count). The number of amides is 1. The van der Waals surface area contributed by atoms with E-state index < -0.39 is 86.8 Å². The number of carbonyl (C=O) groups is 1. The summed E-state index contributed by atoms with van der Waals surface area (Å²) in [4.78, 5) is 13.3. The van der Waals surface area contributed by atoms with Gasteiger partial charge in [-0.05, 0) is 96.3 Å². The van der Waals surface area contributed by atoms with Crippen molar-refractivity contribution >= 4 is 5.91 Å².